The first-order valence-electron chi connectivity index (χ1n) is 1.34. The minimum Gasteiger partial charge on any atom is -0.181 e. The molecule has 0 aromatic rings. The molecule has 0 aromatic heterocycles. The van der Waals surface area contributed by atoms with Gasteiger partial charge in [-0.3, -0.25) is 0 Å². The van der Waals surface area contributed by atoms with Crippen LogP contribution in [0.25, 0.3) is 0 Å². The van der Waals surface area contributed by atoms with Crippen molar-refractivity contribution in [3.05, 3.63) is 39.4 Å². The zero-order valence-corrected chi connectivity index (χ0v) is 16.1. The molecule has 0 aliphatic heterocycles. The minimum absolute atomic E-state index is 0. The topological polar surface area (TPSA) is 143 Å². The van der Waals surface area contributed by atoms with Gasteiger partial charge in [0.15, 0.2) is 39.4 Å². The summed E-state index contributed by atoms with van der Waals surface area (Å²) in [6.45, 7) is 28.5. The number of hydrogen-bond donors (Lipinski definition) is 0. The largest absolute Gasteiger partial charge is 1.00 e. The Morgan fingerprint density at radius 3 is 0.312 bits per heavy atom. The Bertz CT molecular complexity index is 103. The molecular formula is C6FeN6Na3+3. The number of hydrogen-bond acceptors (Lipinski definition) is 6. The van der Waals surface area contributed by atoms with E-state index in [-0.39, 0.29) is 106 Å². The van der Waals surface area contributed by atoms with E-state index in [4.69, 9.17) is 71.0 Å². The Morgan fingerprint density at radius 2 is 0.312 bits per heavy atom. The minimum atomic E-state index is 0. The van der Waals surface area contributed by atoms with E-state index in [1.165, 1.54) is 0 Å². The van der Waals surface area contributed by atoms with Crippen LogP contribution in [0.15, 0.2) is 0 Å². The van der Waals surface area contributed by atoms with Crippen LogP contribution in [0.2, 0.25) is 0 Å². The van der Waals surface area contributed by atoms with E-state index in [0.29, 0.717) is 0 Å². The summed E-state index contributed by atoms with van der Waals surface area (Å²) >= 11 is 0. The summed E-state index contributed by atoms with van der Waals surface area (Å²) in [5.74, 6) is 0. The van der Waals surface area contributed by atoms with E-state index >= 15 is 0 Å². The van der Waals surface area contributed by atoms with Gasteiger partial charge in [-0.1, -0.05) is 0 Å². The van der Waals surface area contributed by atoms with Crippen molar-refractivity contribution < 1.29 is 106 Å². The normalized spacial score (nSPS) is 0.750. The average Bonchev–Trinajstić information content (AvgIpc) is 2.33. The molecule has 0 unspecified atom stereocenters. The molecule has 0 aromatic carbocycles. The zero-order valence-electron chi connectivity index (χ0n) is 9.04. The van der Waals surface area contributed by atoms with Crippen molar-refractivity contribution in [2.45, 2.75) is 0 Å². The summed E-state index contributed by atoms with van der Waals surface area (Å²) in [6.07, 6.45) is 0. The van der Waals surface area contributed by atoms with Crippen LogP contribution >= 0.6 is 0 Å². The van der Waals surface area contributed by atoms with Crippen LogP contribution in [0, 0.1) is 71.0 Å². The second-order valence-electron chi connectivity index (χ2n) is 0. The quantitative estimate of drug-likeness (QED) is 0.403. The fraction of sp³-hybridized carbons (Fsp3) is 0. The van der Waals surface area contributed by atoms with E-state index in [9.17, 15) is 0 Å². The molecule has 0 atom stereocenters. The third kappa shape index (κ3) is 12400. The van der Waals surface area contributed by atoms with Gasteiger partial charge in [-0.25, -0.2) is 0 Å². The van der Waals surface area contributed by atoms with Crippen molar-refractivity contribution in [3.63, 3.8) is 0 Å². The second-order valence-corrected chi connectivity index (χ2v) is 0. The molecular weight excluding hydrogens is 281 g/mol. The van der Waals surface area contributed by atoms with Gasteiger partial charge >= 0.3 is 88.7 Å². The summed E-state index contributed by atoms with van der Waals surface area (Å²) in [5.41, 5.74) is 0. The molecule has 0 saturated heterocycles. The maximum absolute atomic E-state index is 6.25. The Balaban J connectivity index is -0.00000000321. The first-order chi connectivity index (χ1) is 6.00. The molecule has 0 aliphatic carbocycles. The third-order valence-electron chi connectivity index (χ3n) is 0. The maximum atomic E-state index is 6.25. The van der Waals surface area contributed by atoms with Gasteiger partial charge < -0.3 is 0 Å². The summed E-state index contributed by atoms with van der Waals surface area (Å²) in [7, 11) is 0. The van der Waals surface area contributed by atoms with E-state index in [1.807, 2.05) is 0 Å². The Hall–Kier alpha value is 0.459. The predicted molar refractivity (Wildman–Crippen MR) is 29.8 cm³/mol. The number of rotatable bonds is 0. The third-order valence-corrected chi connectivity index (χ3v) is 0. The van der Waals surface area contributed by atoms with Gasteiger partial charge in [-0.05, 0) is 0 Å². The van der Waals surface area contributed by atoms with Gasteiger partial charge in [0.05, 0.1) is 0 Å². The standard InChI is InChI=1S/6CN.Fe.3Na/c6*1-2;;;;/q;;;;;;;3*+1. The van der Waals surface area contributed by atoms with E-state index in [0.717, 1.165) is 0 Å². The molecule has 16 heavy (non-hydrogen) atoms. The van der Waals surface area contributed by atoms with Gasteiger partial charge in [-0.15, -0.1) is 0 Å². The van der Waals surface area contributed by atoms with Crippen molar-refractivity contribution in [3.8, 4) is 0 Å². The molecule has 0 rings (SSSR count). The smallest absolute Gasteiger partial charge is 0.181 e. The monoisotopic (exact) mass is 281 g/mol. The zero-order chi connectivity index (χ0) is 12.0. The van der Waals surface area contributed by atoms with Crippen molar-refractivity contribution in [1.82, 2.24) is 0 Å². The van der Waals surface area contributed by atoms with Crippen molar-refractivity contribution in [2.24, 2.45) is 0 Å². The predicted octanol–water partition coefficient (Wildman–Crippen LogP) is -8.41. The Kier molecular flexibility index (Phi) is 90200. The Labute approximate surface area is 174 Å². The van der Waals surface area contributed by atoms with Gasteiger partial charge in [0.2, 0.25) is 0 Å². The molecule has 0 bridgehead atoms. The van der Waals surface area contributed by atoms with Crippen molar-refractivity contribution in [2.75, 3.05) is 0 Å². The fourth-order valence-corrected chi connectivity index (χ4v) is 0. The molecule has 0 N–H and O–H groups in total. The maximum Gasteiger partial charge on any atom is 1.00 e. The average molecular weight is 281 g/mol. The summed E-state index contributed by atoms with van der Waals surface area (Å²) in [4.78, 5) is 0. The second kappa shape index (κ2) is 15300. The molecule has 62 valence electrons. The summed E-state index contributed by atoms with van der Waals surface area (Å²) in [5, 5.41) is 37.5. The Morgan fingerprint density at radius 1 is 0.312 bits per heavy atom. The van der Waals surface area contributed by atoms with Crippen LogP contribution in [0.1, 0.15) is 0 Å². The molecule has 0 heterocycles. The molecule has 0 amide bonds. The summed E-state index contributed by atoms with van der Waals surface area (Å²) < 4.78 is 0. The molecule has 6 radical (unpaired) electrons. The first-order valence-corrected chi connectivity index (χ1v) is 1.34. The molecule has 10 heteroatoms. The van der Waals surface area contributed by atoms with Crippen LogP contribution in [0.4, 0.5) is 0 Å². The SMILES string of the molecule is [C]#N.[C]#N.[C]#N.[C]#N.[C]#N.[C]#N.[Fe].[Na+].[Na+].[Na+]. The van der Waals surface area contributed by atoms with Gasteiger partial charge in [0.25, 0.3) is 0 Å². The molecule has 0 spiro atoms. The van der Waals surface area contributed by atoms with E-state index in [1.54, 1.807) is 0 Å². The van der Waals surface area contributed by atoms with Crippen LogP contribution < -0.4 is 88.7 Å². The van der Waals surface area contributed by atoms with Crippen LogP contribution in [0.5, 0.6) is 0 Å². The molecule has 6 nitrogen and oxygen atoms in total. The van der Waals surface area contributed by atoms with Crippen LogP contribution in [-0.4, -0.2) is 0 Å². The van der Waals surface area contributed by atoms with E-state index in [2.05, 4.69) is 0 Å². The fourth-order valence-electron chi connectivity index (χ4n) is 0. The van der Waals surface area contributed by atoms with Crippen molar-refractivity contribution >= 4 is 0 Å². The van der Waals surface area contributed by atoms with Gasteiger partial charge in [0.1, 0.15) is 0 Å². The molecule has 0 fully saturated rings. The van der Waals surface area contributed by atoms with E-state index < -0.39 is 0 Å². The molecule has 0 aliphatic rings. The molecule has 0 saturated carbocycles. The number of nitrogens with zero attached hydrogens (tertiary/aromatic N) is 6. The summed E-state index contributed by atoms with van der Waals surface area (Å²) in [6, 6.07) is 0. The van der Waals surface area contributed by atoms with Crippen molar-refractivity contribution in [1.29, 1.82) is 31.6 Å². The van der Waals surface area contributed by atoms with Crippen LogP contribution in [-0.2, 0) is 17.1 Å². The van der Waals surface area contributed by atoms with Crippen LogP contribution in [0.3, 0.4) is 0 Å². The van der Waals surface area contributed by atoms with Gasteiger partial charge in [0, 0.05) is 17.1 Å². The first kappa shape index (κ1) is 94.3. The van der Waals surface area contributed by atoms with Gasteiger partial charge in [-0.2, -0.15) is 31.6 Å².